The van der Waals surface area contributed by atoms with Gasteiger partial charge >= 0.3 is 0 Å². The minimum Gasteiger partial charge on any atom is -0.378 e. The summed E-state index contributed by atoms with van der Waals surface area (Å²) < 4.78 is 27.4. The molecule has 0 unspecified atom stereocenters. The fourth-order valence-electron chi connectivity index (χ4n) is 2.45. The molecular weight excluding hydrogens is 360 g/mol. The third-order valence-electron chi connectivity index (χ3n) is 4.00. The van der Waals surface area contributed by atoms with Crippen molar-refractivity contribution in [3.63, 3.8) is 0 Å². The van der Waals surface area contributed by atoms with Gasteiger partial charge in [0.1, 0.15) is 5.82 Å². The van der Waals surface area contributed by atoms with Crippen LogP contribution in [0.15, 0.2) is 71.8 Å². The lowest BCUT2D eigenvalue weighted by Crippen LogP contribution is -2.13. The number of benzene rings is 2. The predicted molar refractivity (Wildman–Crippen MR) is 110 cm³/mol. The Morgan fingerprint density at radius 2 is 1.48 bits per heavy atom. The van der Waals surface area contributed by atoms with E-state index < -0.39 is 10.0 Å². The van der Waals surface area contributed by atoms with Crippen molar-refractivity contribution in [2.24, 2.45) is 0 Å². The van der Waals surface area contributed by atoms with Crippen LogP contribution in [0.3, 0.4) is 0 Å². The lowest BCUT2D eigenvalue weighted by Gasteiger charge is -2.13. The highest BCUT2D eigenvalue weighted by Gasteiger charge is 2.14. The van der Waals surface area contributed by atoms with Crippen LogP contribution in [0.25, 0.3) is 0 Å². The smallest absolute Gasteiger partial charge is 0.261 e. The monoisotopic (exact) mass is 382 g/mol. The molecule has 0 aliphatic rings. The van der Waals surface area contributed by atoms with Crippen molar-refractivity contribution in [3.8, 4) is 0 Å². The molecule has 27 heavy (non-hydrogen) atoms. The van der Waals surface area contributed by atoms with Gasteiger partial charge in [0.15, 0.2) is 0 Å². The molecule has 140 valence electrons. The van der Waals surface area contributed by atoms with E-state index in [9.17, 15) is 8.42 Å². The molecule has 0 bridgehead atoms. The van der Waals surface area contributed by atoms with Crippen molar-refractivity contribution in [1.82, 2.24) is 4.98 Å². The quantitative estimate of drug-likeness (QED) is 0.674. The summed E-state index contributed by atoms with van der Waals surface area (Å²) in [6.45, 7) is 1.91. The van der Waals surface area contributed by atoms with Gasteiger partial charge in [-0.05, 0) is 55.5 Å². The van der Waals surface area contributed by atoms with Crippen LogP contribution < -0.4 is 14.9 Å². The summed E-state index contributed by atoms with van der Waals surface area (Å²) in [6, 6.07) is 18.0. The Morgan fingerprint density at radius 1 is 0.852 bits per heavy atom. The van der Waals surface area contributed by atoms with E-state index in [2.05, 4.69) is 15.0 Å². The SMILES string of the molecule is Cc1ccc(S(=O)(=O)Nc2ccc(Nc3ccc(N(C)C)cc3)nc2)cc1. The first-order chi connectivity index (χ1) is 12.8. The van der Waals surface area contributed by atoms with E-state index in [0.29, 0.717) is 11.5 Å². The molecule has 1 aromatic heterocycles. The average molecular weight is 382 g/mol. The number of rotatable bonds is 6. The Bertz CT molecular complexity index is 997. The summed E-state index contributed by atoms with van der Waals surface area (Å²) in [5, 5.41) is 3.19. The Hall–Kier alpha value is -3.06. The molecule has 2 aromatic carbocycles. The molecule has 2 N–H and O–H groups in total. The molecule has 0 aliphatic heterocycles. The van der Waals surface area contributed by atoms with Crippen LogP contribution >= 0.6 is 0 Å². The molecule has 7 heteroatoms. The molecule has 0 amide bonds. The number of nitrogens with zero attached hydrogens (tertiary/aromatic N) is 2. The predicted octanol–water partition coefficient (Wildman–Crippen LogP) is 4.00. The maximum atomic E-state index is 12.4. The Labute approximate surface area is 159 Å². The van der Waals surface area contributed by atoms with E-state index in [4.69, 9.17) is 0 Å². The third-order valence-corrected chi connectivity index (χ3v) is 5.40. The Morgan fingerprint density at radius 3 is 2.04 bits per heavy atom. The van der Waals surface area contributed by atoms with Gasteiger partial charge in [0.2, 0.25) is 0 Å². The van der Waals surface area contributed by atoms with Crippen LogP contribution in [0.4, 0.5) is 22.9 Å². The number of hydrogen-bond donors (Lipinski definition) is 2. The van der Waals surface area contributed by atoms with Gasteiger partial charge in [0.25, 0.3) is 10.0 Å². The van der Waals surface area contributed by atoms with Crippen LogP contribution in [0, 0.1) is 6.92 Å². The number of anilines is 4. The second-order valence-electron chi connectivity index (χ2n) is 6.42. The third kappa shape index (κ3) is 4.77. The fourth-order valence-corrected chi connectivity index (χ4v) is 3.49. The van der Waals surface area contributed by atoms with Crippen molar-refractivity contribution < 1.29 is 8.42 Å². The van der Waals surface area contributed by atoms with Gasteiger partial charge in [-0.15, -0.1) is 0 Å². The van der Waals surface area contributed by atoms with Crippen molar-refractivity contribution in [1.29, 1.82) is 0 Å². The number of pyridine rings is 1. The molecule has 0 aliphatic carbocycles. The first-order valence-electron chi connectivity index (χ1n) is 8.43. The van der Waals surface area contributed by atoms with Gasteiger partial charge in [0, 0.05) is 25.5 Å². The van der Waals surface area contributed by atoms with E-state index in [0.717, 1.165) is 16.9 Å². The molecule has 1 heterocycles. The maximum absolute atomic E-state index is 12.4. The van der Waals surface area contributed by atoms with Crippen LogP contribution in [-0.4, -0.2) is 27.5 Å². The zero-order chi connectivity index (χ0) is 19.4. The average Bonchev–Trinajstić information content (AvgIpc) is 2.64. The highest BCUT2D eigenvalue weighted by molar-refractivity contribution is 7.92. The van der Waals surface area contributed by atoms with E-state index in [1.807, 2.05) is 50.2 Å². The highest BCUT2D eigenvalue weighted by Crippen LogP contribution is 2.21. The molecule has 0 spiro atoms. The first kappa shape index (κ1) is 18.7. The summed E-state index contributed by atoms with van der Waals surface area (Å²) in [7, 11) is 0.343. The molecule has 6 nitrogen and oxygen atoms in total. The van der Waals surface area contributed by atoms with E-state index in [1.54, 1.807) is 36.4 Å². The summed E-state index contributed by atoms with van der Waals surface area (Å²) in [6.07, 6.45) is 1.49. The molecule has 0 saturated heterocycles. The first-order valence-corrected chi connectivity index (χ1v) is 9.92. The highest BCUT2D eigenvalue weighted by atomic mass is 32.2. The molecule has 0 fully saturated rings. The summed E-state index contributed by atoms with van der Waals surface area (Å²) in [5.74, 6) is 0.630. The lowest BCUT2D eigenvalue weighted by molar-refractivity contribution is 0.601. The largest absolute Gasteiger partial charge is 0.378 e. The van der Waals surface area contributed by atoms with Gasteiger partial charge in [0.05, 0.1) is 16.8 Å². The van der Waals surface area contributed by atoms with Gasteiger partial charge in [-0.3, -0.25) is 4.72 Å². The topological polar surface area (TPSA) is 74.3 Å². The van der Waals surface area contributed by atoms with Crippen LogP contribution in [-0.2, 0) is 10.0 Å². The maximum Gasteiger partial charge on any atom is 0.261 e. The standard InChI is InChI=1S/C20H22N4O2S/c1-15-4-11-19(12-5-15)27(25,26)23-17-8-13-20(21-14-17)22-16-6-9-18(10-7-16)24(2)3/h4-14,23H,1-3H3,(H,21,22). The van der Waals surface area contributed by atoms with Crippen LogP contribution in [0.5, 0.6) is 0 Å². The van der Waals surface area contributed by atoms with Crippen LogP contribution in [0.2, 0.25) is 0 Å². The van der Waals surface area contributed by atoms with E-state index >= 15 is 0 Å². The number of aromatic nitrogens is 1. The van der Waals surface area contributed by atoms with Gasteiger partial charge < -0.3 is 10.2 Å². The molecular formula is C20H22N4O2S. The second kappa shape index (κ2) is 7.67. The number of hydrogen-bond acceptors (Lipinski definition) is 5. The summed E-state index contributed by atoms with van der Waals surface area (Å²) in [4.78, 5) is 6.52. The second-order valence-corrected chi connectivity index (χ2v) is 8.10. The summed E-state index contributed by atoms with van der Waals surface area (Å²) in [5.41, 5.74) is 3.42. The van der Waals surface area contributed by atoms with Crippen molar-refractivity contribution in [2.45, 2.75) is 11.8 Å². The fraction of sp³-hybridized carbons (Fsp3) is 0.150. The molecule has 3 rings (SSSR count). The number of sulfonamides is 1. The number of nitrogens with one attached hydrogen (secondary N) is 2. The molecule has 3 aromatic rings. The van der Waals surface area contributed by atoms with Crippen molar-refractivity contribution in [3.05, 3.63) is 72.4 Å². The Kier molecular flexibility index (Phi) is 5.32. The lowest BCUT2D eigenvalue weighted by atomic mass is 10.2. The van der Waals surface area contributed by atoms with Gasteiger partial charge in [-0.2, -0.15) is 0 Å². The zero-order valence-electron chi connectivity index (χ0n) is 15.5. The van der Waals surface area contributed by atoms with Crippen molar-refractivity contribution >= 4 is 32.9 Å². The summed E-state index contributed by atoms with van der Waals surface area (Å²) >= 11 is 0. The molecule has 0 radical (unpaired) electrons. The van der Waals surface area contributed by atoms with E-state index in [-0.39, 0.29) is 4.90 Å². The minimum absolute atomic E-state index is 0.219. The zero-order valence-corrected chi connectivity index (χ0v) is 16.3. The van der Waals surface area contributed by atoms with Crippen LogP contribution in [0.1, 0.15) is 5.56 Å². The molecule has 0 saturated carbocycles. The number of aryl methyl sites for hydroxylation is 1. The molecule has 0 atom stereocenters. The van der Waals surface area contributed by atoms with E-state index in [1.165, 1.54) is 6.20 Å². The minimum atomic E-state index is -3.63. The van der Waals surface area contributed by atoms with Gasteiger partial charge in [-0.1, -0.05) is 17.7 Å². The normalized spacial score (nSPS) is 11.1. The van der Waals surface area contributed by atoms with Gasteiger partial charge in [-0.25, -0.2) is 13.4 Å². The van der Waals surface area contributed by atoms with Crippen molar-refractivity contribution in [2.75, 3.05) is 29.0 Å². The Balaban J connectivity index is 1.68.